The monoisotopic (exact) mass is 564 g/mol. The molecule has 204 valence electrons. The molecule has 1 aliphatic rings. The Bertz CT molecular complexity index is 1560. The van der Waals surface area contributed by atoms with Crippen molar-refractivity contribution in [2.45, 2.75) is 36.3 Å². The summed E-state index contributed by atoms with van der Waals surface area (Å²) in [6, 6.07) is 10.3. The normalized spacial score (nSPS) is 15.5. The first-order valence-electron chi connectivity index (χ1n) is 11.2. The molecule has 4 rings (SSSR count). The lowest BCUT2D eigenvalue weighted by Gasteiger charge is -2.27. The average Bonchev–Trinajstić information content (AvgIpc) is 3.03. The Kier molecular flexibility index (Phi) is 6.93. The molecule has 39 heavy (non-hydrogen) atoms. The molecule has 3 aromatic rings. The fourth-order valence-electron chi connectivity index (χ4n) is 3.85. The first-order valence-corrected chi connectivity index (χ1v) is 12.7. The van der Waals surface area contributed by atoms with Gasteiger partial charge in [0.15, 0.2) is 0 Å². The molecule has 0 bridgehead atoms. The highest BCUT2D eigenvalue weighted by Crippen LogP contribution is 2.35. The van der Waals surface area contributed by atoms with Crippen LogP contribution in [0.1, 0.15) is 29.8 Å². The van der Waals surface area contributed by atoms with Gasteiger partial charge in [-0.3, -0.25) is 9.59 Å². The van der Waals surface area contributed by atoms with Crippen LogP contribution in [0.15, 0.2) is 71.8 Å². The minimum absolute atomic E-state index is 0.101. The van der Waals surface area contributed by atoms with Crippen molar-refractivity contribution >= 4 is 39.2 Å². The Hall–Kier alpha value is -4.33. The van der Waals surface area contributed by atoms with Crippen LogP contribution in [0.2, 0.25) is 0 Å². The molecule has 1 aliphatic heterocycles. The highest BCUT2D eigenvalue weighted by atomic mass is 32.2. The summed E-state index contributed by atoms with van der Waals surface area (Å²) < 4.78 is 74.9. The smallest absolute Gasteiger partial charge is 0.307 e. The van der Waals surface area contributed by atoms with Crippen molar-refractivity contribution in [3.05, 3.63) is 83.8 Å². The van der Waals surface area contributed by atoms with Crippen molar-refractivity contribution in [3.63, 3.8) is 0 Å². The molecular weight excluding hydrogens is 544 g/mol. The van der Waals surface area contributed by atoms with Gasteiger partial charge in [-0.1, -0.05) is 0 Å². The maximum Gasteiger partial charge on any atom is 0.501 e. The number of hydrogen-bond donors (Lipinski definition) is 1. The van der Waals surface area contributed by atoms with Crippen LogP contribution in [-0.4, -0.2) is 47.2 Å². The zero-order chi connectivity index (χ0) is 28.8. The van der Waals surface area contributed by atoms with Crippen LogP contribution in [0, 0.1) is 5.82 Å². The van der Waals surface area contributed by atoms with E-state index >= 15 is 0 Å². The van der Waals surface area contributed by atoms with Crippen molar-refractivity contribution in [3.8, 4) is 0 Å². The molecule has 1 saturated heterocycles. The van der Waals surface area contributed by atoms with E-state index in [2.05, 4.69) is 10.3 Å². The van der Waals surface area contributed by atoms with Gasteiger partial charge in [-0.2, -0.15) is 13.2 Å². The number of anilines is 2. The molecule has 0 aliphatic carbocycles. The van der Waals surface area contributed by atoms with E-state index < -0.39 is 49.4 Å². The number of hydrogen-bond acceptors (Lipinski definition) is 6. The SMILES string of the molecule is CC1(C)C(=O)N(c2ccc(S(=O)(=O)C(F)(F)F)cc2)C(=O)N1Cc1ccnc(NC(=O)c2ccc(F)cc2)c1. The lowest BCUT2D eigenvalue weighted by Crippen LogP contribution is -2.43. The molecule has 2 aromatic carbocycles. The molecule has 0 spiro atoms. The number of carbonyl (C=O) groups is 3. The van der Waals surface area contributed by atoms with E-state index in [4.69, 9.17) is 0 Å². The fourth-order valence-corrected chi connectivity index (χ4v) is 4.61. The lowest BCUT2D eigenvalue weighted by atomic mass is 10.0. The number of nitrogens with one attached hydrogen (secondary N) is 1. The highest BCUT2D eigenvalue weighted by molar-refractivity contribution is 7.92. The summed E-state index contributed by atoms with van der Waals surface area (Å²) in [6.45, 7) is 2.86. The summed E-state index contributed by atoms with van der Waals surface area (Å²) in [5.74, 6) is -1.60. The van der Waals surface area contributed by atoms with Gasteiger partial charge in [-0.15, -0.1) is 0 Å². The Labute approximate surface area is 220 Å². The predicted octanol–water partition coefficient (Wildman–Crippen LogP) is 4.51. The summed E-state index contributed by atoms with van der Waals surface area (Å²) in [5.41, 5.74) is -6.32. The Morgan fingerprint density at radius 1 is 1.00 bits per heavy atom. The van der Waals surface area contributed by atoms with Crippen LogP contribution in [0.4, 0.5) is 33.9 Å². The van der Waals surface area contributed by atoms with Crippen LogP contribution in [-0.2, 0) is 21.2 Å². The zero-order valence-electron chi connectivity index (χ0n) is 20.4. The number of rotatable bonds is 6. The van der Waals surface area contributed by atoms with Crippen LogP contribution < -0.4 is 10.2 Å². The van der Waals surface area contributed by atoms with E-state index in [0.29, 0.717) is 17.7 Å². The molecule has 0 unspecified atom stereocenters. The summed E-state index contributed by atoms with van der Waals surface area (Å²) in [4.78, 5) is 43.8. The van der Waals surface area contributed by atoms with Crippen LogP contribution in [0.3, 0.4) is 0 Å². The van der Waals surface area contributed by atoms with E-state index in [1.807, 2.05) is 0 Å². The number of pyridine rings is 1. The van der Waals surface area contributed by atoms with Gasteiger partial charge >= 0.3 is 11.5 Å². The van der Waals surface area contributed by atoms with Gasteiger partial charge in [0.2, 0.25) is 0 Å². The van der Waals surface area contributed by atoms with Gasteiger partial charge < -0.3 is 10.2 Å². The number of urea groups is 1. The second kappa shape index (κ2) is 9.76. The van der Waals surface area contributed by atoms with E-state index in [1.54, 1.807) is 6.07 Å². The molecule has 0 saturated carbocycles. The molecule has 14 heteroatoms. The quantitative estimate of drug-likeness (QED) is 0.348. The number of imide groups is 1. The number of amides is 4. The van der Waals surface area contributed by atoms with Gasteiger partial charge in [0.05, 0.1) is 10.6 Å². The lowest BCUT2D eigenvalue weighted by molar-refractivity contribution is -0.123. The van der Waals surface area contributed by atoms with Crippen molar-refractivity contribution in [1.82, 2.24) is 9.88 Å². The number of halogens is 4. The summed E-state index contributed by atoms with van der Waals surface area (Å²) in [7, 11) is -5.60. The number of carbonyl (C=O) groups excluding carboxylic acids is 3. The van der Waals surface area contributed by atoms with Crippen LogP contribution in [0.5, 0.6) is 0 Å². The largest absolute Gasteiger partial charge is 0.501 e. The second-order valence-electron chi connectivity index (χ2n) is 9.02. The summed E-state index contributed by atoms with van der Waals surface area (Å²) in [5, 5.41) is 2.56. The van der Waals surface area contributed by atoms with Gasteiger partial charge in [0, 0.05) is 18.3 Å². The summed E-state index contributed by atoms with van der Waals surface area (Å²) >= 11 is 0. The van der Waals surface area contributed by atoms with E-state index in [0.717, 1.165) is 29.2 Å². The molecule has 1 fully saturated rings. The maximum atomic E-state index is 13.3. The minimum atomic E-state index is -5.60. The van der Waals surface area contributed by atoms with Crippen molar-refractivity contribution in [2.24, 2.45) is 0 Å². The first kappa shape index (κ1) is 27.7. The predicted molar refractivity (Wildman–Crippen MR) is 131 cm³/mol. The topological polar surface area (TPSA) is 117 Å². The third-order valence-electron chi connectivity index (χ3n) is 6.05. The molecule has 9 nitrogen and oxygen atoms in total. The Morgan fingerprint density at radius 2 is 1.62 bits per heavy atom. The van der Waals surface area contributed by atoms with E-state index in [9.17, 15) is 40.4 Å². The molecule has 1 aromatic heterocycles. The van der Waals surface area contributed by atoms with Gasteiger partial charge in [0.1, 0.15) is 17.2 Å². The molecule has 4 amide bonds. The molecule has 0 atom stereocenters. The fraction of sp³-hybridized carbons (Fsp3) is 0.200. The molecule has 0 radical (unpaired) electrons. The first-order chi connectivity index (χ1) is 18.1. The van der Waals surface area contributed by atoms with Crippen molar-refractivity contribution in [1.29, 1.82) is 0 Å². The van der Waals surface area contributed by atoms with Gasteiger partial charge in [-0.25, -0.2) is 27.5 Å². The van der Waals surface area contributed by atoms with Crippen molar-refractivity contribution in [2.75, 3.05) is 10.2 Å². The molecular formula is C25H20F4N4O5S. The van der Waals surface area contributed by atoms with Crippen LogP contribution in [0.25, 0.3) is 0 Å². The number of aromatic nitrogens is 1. The number of benzene rings is 2. The number of alkyl halides is 3. The van der Waals surface area contributed by atoms with E-state index in [1.165, 1.54) is 43.1 Å². The van der Waals surface area contributed by atoms with Crippen LogP contribution >= 0.6 is 0 Å². The Balaban J connectivity index is 1.55. The second-order valence-corrected chi connectivity index (χ2v) is 11.0. The minimum Gasteiger partial charge on any atom is -0.307 e. The molecule has 2 heterocycles. The van der Waals surface area contributed by atoms with E-state index in [-0.39, 0.29) is 23.6 Å². The highest BCUT2D eigenvalue weighted by Gasteiger charge is 2.52. The molecule has 1 N–H and O–H groups in total. The maximum absolute atomic E-state index is 13.3. The third kappa shape index (κ3) is 5.19. The zero-order valence-corrected chi connectivity index (χ0v) is 21.2. The summed E-state index contributed by atoms with van der Waals surface area (Å²) in [6.07, 6.45) is 1.38. The van der Waals surface area contributed by atoms with Gasteiger partial charge in [0.25, 0.3) is 21.7 Å². The average molecular weight is 565 g/mol. The third-order valence-corrected chi connectivity index (χ3v) is 7.55. The van der Waals surface area contributed by atoms with Crippen molar-refractivity contribution < 1.29 is 40.4 Å². The number of nitrogens with zero attached hydrogens (tertiary/aromatic N) is 3. The Morgan fingerprint density at radius 3 is 2.21 bits per heavy atom. The van der Waals surface area contributed by atoms with Gasteiger partial charge in [-0.05, 0) is 80.1 Å². The standard InChI is InChI=1S/C25H20F4N4O5S/c1-24(2)22(35)33(18-7-9-19(10-8-18)39(37,38)25(27,28)29)23(36)32(24)14-15-11-12-30-20(13-15)31-21(34)16-3-5-17(26)6-4-16/h3-13H,14H2,1-2H3,(H,30,31,34). The number of sulfone groups is 1.